The fraction of sp³-hybridized carbons (Fsp3) is 0.130. The molecule has 0 unspecified atom stereocenters. The monoisotopic (exact) mass is 406 g/mol. The van der Waals surface area contributed by atoms with E-state index < -0.39 is 0 Å². The van der Waals surface area contributed by atoms with Crippen molar-refractivity contribution in [3.05, 3.63) is 94.5 Å². The summed E-state index contributed by atoms with van der Waals surface area (Å²) in [7, 11) is 0. The molecule has 140 valence electrons. The lowest BCUT2D eigenvalue weighted by molar-refractivity contribution is 0.0985. The van der Waals surface area contributed by atoms with Crippen LogP contribution in [0.2, 0.25) is 5.02 Å². The van der Waals surface area contributed by atoms with E-state index in [1.54, 1.807) is 17.0 Å². The SMILES string of the molecule is CCc1cccc2sc(N(Cc3ccccc3)C(=O)c3ccccc3Cl)nc12. The molecule has 0 N–H and O–H groups in total. The first-order valence-corrected chi connectivity index (χ1v) is 10.4. The summed E-state index contributed by atoms with van der Waals surface area (Å²) in [6.45, 7) is 2.55. The fourth-order valence-corrected chi connectivity index (χ4v) is 4.39. The number of benzene rings is 3. The smallest absolute Gasteiger partial charge is 0.261 e. The summed E-state index contributed by atoms with van der Waals surface area (Å²) >= 11 is 7.85. The van der Waals surface area contributed by atoms with E-state index in [0.717, 1.165) is 22.2 Å². The Morgan fingerprint density at radius 2 is 1.75 bits per heavy atom. The second kappa shape index (κ2) is 8.13. The van der Waals surface area contributed by atoms with E-state index in [2.05, 4.69) is 19.1 Å². The highest BCUT2D eigenvalue weighted by Crippen LogP contribution is 2.33. The van der Waals surface area contributed by atoms with Gasteiger partial charge in [0.2, 0.25) is 0 Å². The largest absolute Gasteiger partial charge is 0.279 e. The van der Waals surface area contributed by atoms with Crippen LogP contribution < -0.4 is 4.90 Å². The van der Waals surface area contributed by atoms with Gasteiger partial charge in [0, 0.05) is 0 Å². The van der Waals surface area contributed by atoms with Gasteiger partial charge in [-0.3, -0.25) is 9.69 Å². The number of anilines is 1. The van der Waals surface area contributed by atoms with E-state index in [4.69, 9.17) is 16.6 Å². The Kier molecular flexibility index (Phi) is 5.42. The van der Waals surface area contributed by atoms with Crippen LogP contribution in [0, 0.1) is 0 Å². The molecular formula is C23H19ClN2OS. The van der Waals surface area contributed by atoms with E-state index in [1.807, 2.05) is 48.5 Å². The quantitative estimate of drug-likeness (QED) is 0.386. The molecule has 0 saturated carbocycles. The number of nitrogens with zero attached hydrogens (tertiary/aromatic N) is 2. The third kappa shape index (κ3) is 3.66. The maximum Gasteiger partial charge on any atom is 0.261 e. The van der Waals surface area contributed by atoms with E-state index in [-0.39, 0.29) is 5.91 Å². The van der Waals surface area contributed by atoms with Gasteiger partial charge in [-0.25, -0.2) is 4.98 Å². The van der Waals surface area contributed by atoms with Crippen LogP contribution in [0.15, 0.2) is 72.8 Å². The second-order valence-corrected chi connectivity index (χ2v) is 7.89. The number of aryl methyl sites for hydroxylation is 1. The Labute approximate surface area is 173 Å². The molecule has 28 heavy (non-hydrogen) atoms. The Morgan fingerprint density at radius 3 is 2.50 bits per heavy atom. The number of aromatic nitrogens is 1. The van der Waals surface area contributed by atoms with Crippen LogP contribution in [0.25, 0.3) is 10.2 Å². The lowest BCUT2D eigenvalue weighted by Crippen LogP contribution is -2.30. The number of halogens is 1. The minimum Gasteiger partial charge on any atom is -0.279 e. The summed E-state index contributed by atoms with van der Waals surface area (Å²) < 4.78 is 1.08. The van der Waals surface area contributed by atoms with Gasteiger partial charge in [0.05, 0.1) is 27.3 Å². The Balaban J connectivity index is 1.81. The fourth-order valence-electron chi connectivity index (χ4n) is 3.17. The van der Waals surface area contributed by atoms with Crippen molar-refractivity contribution < 1.29 is 4.79 Å². The average Bonchev–Trinajstić information content (AvgIpc) is 3.16. The normalized spacial score (nSPS) is 10.9. The van der Waals surface area contributed by atoms with Crippen molar-refractivity contribution in [1.29, 1.82) is 0 Å². The van der Waals surface area contributed by atoms with Crippen molar-refractivity contribution in [1.82, 2.24) is 4.98 Å². The molecule has 5 heteroatoms. The van der Waals surface area contributed by atoms with Crippen LogP contribution in [-0.4, -0.2) is 10.9 Å². The summed E-state index contributed by atoms with van der Waals surface area (Å²) in [6, 6.07) is 23.3. The lowest BCUT2D eigenvalue weighted by atomic mass is 10.1. The molecule has 0 aliphatic carbocycles. The molecule has 0 atom stereocenters. The molecule has 0 aliphatic rings. The molecule has 0 fully saturated rings. The van der Waals surface area contributed by atoms with Gasteiger partial charge in [0.15, 0.2) is 5.13 Å². The third-order valence-electron chi connectivity index (χ3n) is 4.64. The van der Waals surface area contributed by atoms with E-state index in [0.29, 0.717) is 22.3 Å². The van der Waals surface area contributed by atoms with Gasteiger partial charge in [-0.1, -0.05) is 84.5 Å². The number of carbonyl (C=O) groups excluding carboxylic acids is 1. The summed E-state index contributed by atoms with van der Waals surface area (Å²) in [5, 5.41) is 1.13. The molecule has 4 aromatic rings. The van der Waals surface area contributed by atoms with Crippen molar-refractivity contribution in [3.8, 4) is 0 Å². The second-order valence-electron chi connectivity index (χ2n) is 6.47. The van der Waals surface area contributed by atoms with Crippen LogP contribution in [0.3, 0.4) is 0 Å². The molecule has 3 nitrogen and oxygen atoms in total. The molecule has 0 saturated heterocycles. The number of carbonyl (C=O) groups is 1. The zero-order chi connectivity index (χ0) is 19.5. The van der Waals surface area contributed by atoms with Gasteiger partial charge >= 0.3 is 0 Å². The van der Waals surface area contributed by atoms with Crippen molar-refractivity contribution in [2.45, 2.75) is 19.9 Å². The number of amides is 1. The van der Waals surface area contributed by atoms with Gasteiger partial charge in [-0.15, -0.1) is 0 Å². The Morgan fingerprint density at radius 1 is 1.00 bits per heavy atom. The van der Waals surface area contributed by atoms with Gasteiger partial charge in [0.25, 0.3) is 5.91 Å². The minimum atomic E-state index is -0.147. The summed E-state index contributed by atoms with van der Waals surface area (Å²) in [6.07, 6.45) is 0.900. The number of hydrogen-bond acceptors (Lipinski definition) is 3. The van der Waals surface area contributed by atoms with Crippen LogP contribution >= 0.6 is 22.9 Å². The number of hydrogen-bond donors (Lipinski definition) is 0. The molecule has 0 bridgehead atoms. The number of thiazole rings is 1. The molecule has 0 aliphatic heterocycles. The zero-order valence-electron chi connectivity index (χ0n) is 15.4. The number of para-hydroxylation sites is 1. The van der Waals surface area contributed by atoms with Gasteiger partial charge in [-0.2, -0.15) is 0 Å². The predicted octanol–water partition coefficient (Wildman–Crippen LogP) is 6.36. The van der Waals surface area contributed by atoms with Gasteiger partial charge < -0.3 is 0 Å². The first-order valence-electron chi connectivity index (χ1n) is 9.16. The summed E-state index contributed by atoms with van der Waals surface area (Å²) in [4.78, 5) is 20.0. The molecule has 0 spiro atoms. The maximum absolute atomic E-state index is 13.4. The standard InChI is InChI=1S/C23H19ClN2OS/c1-2-17-11-8-14-20-21(17)25-23(28-20)26(15-16-9-4-3-5-10-16)22(27)18-12-6-7-13-19(18)24/h3-14H,2,15H2,1H3. The molecule has 0 radical (unpaired) electrons. The Bertz CT molecular complexity index is 1120. The van der Waals surface area contributed by atoms with Crippen molar-refractivity contribution in [2.75, 3.05) is 4.90 Å². The van der Waals surface area contributed by atoms with Gasteiger partial charge in [0.1, 0.15) is 0 Å². The van der Waals surface area contributed by atoms with E-state index in [9.17, 15) is 4.79 Å². The minimum absolute atomic E-state index is 0.147. The summed E-state index contributed by atoms with van der Waals surface area (Å²) in [5.41, 5.74) is 3.67. The van der Waals surface area contributed by atoms with Crippen LogP contribution in [0.4, 0.5) is 5.13 Å². The van der Waals surface area contributed by atoms with Crippen molar-refractivity contribution >= 4 is 44.2 Å². The molecule has 1 heterocycles. The molecule has 4 rings (SSSR count). The first kappa shape index (κ1) is 18.7. The number of fused-ring (bicyclic) bond motifs is 1. The highest BCUT2D eigenvalue weighted by molar-refractivity contribution is 7.22. The number of rotatable bonds is 5. The maximum atomic E-state index is 13.4. The highest BCUT2D eigenvalue weighted by atomic mass is 35.5. The van der Waals surface area contributed by atoms with Crippen LogP contribution in [0.1, 0.15) is 28.4 Å². The first-order chi connectivity index (χ1) is 13.7. The zero-order valence-corrected chi connectivity index (χ0v) is 17.0. The molecule has 1 amide bonds. The molecular weight excluding hydrogens is 388 g/mol. The summed E-state index contributed by atoms with van der Waals surface area (Å²) in [5.74, 6) is -0.147. The van der Waals surface area contributed by atoms with E-state index in [1.165, 1.54) is 16.9 Å². The van der Waals surface area contributed by atoms with Crippen molar-refractivity contribution in [2.24, 2.45) is 0 Å². The van der Waals surface area contributed by atoms with Crippen LogP contribution in [0.5, 0.6) is 0 Å². The molecule has 1 aromatic heterocycles. The Hall–Kier alpha value is -2.69. The van der Waals surface area contributed by atoms with Crippen molar-refractivity contribution in [3.63, 3.8) is 0 Å². The highest BCUT2D eigenvalue weighted by Gasteiger charge is 2.23. The third-order valence-corrected chi connectivity index (χ3v) is 6.01. The van der Waals surface area contributed by atoms with E-state index >= 15 is 0 Å². The topological polar surface area (TPSA) is 33.2 Å². The predicted molar refractivity (Wildman–Crippen MR) is 117 cm³/mol. The molecule has 3 aromatic carbocycles. The lowest BCUT2D eigenvalue weighted by Gasteiger charge is -2.20. The average molecular weight is 407 g/mol. The van der Waals surface area contributed by atoms with Gasteiger partial charge in [-0.05, 0) is 35.7 Å². The van der Waals surface area contributed by atoms with Crippen LogP contribution in [-0.2, 0) is 13.0 Å².